The zero-order valence-electron chi connectivity index (χ0n) is 9.95. The van der Waals surface area contributed by atoms with E-state index in [4.69, 9.17) is 5.11 Å². The Hall–Kier alpha value is -2.10. The number of hydrogen-bond donors (Lipinski definition) is 1. The van der Waals surface area contributed by atoms with Crippen molar-refractivity contribution in [2.45, 2.75) is 0 Å². The van der Waals surface area contributed by atoms with E-state index in [1.165, 1.54) is 16.9 Å². The van der Waals surface area contributed by atoms with Crippen LogP contribution in [-0.2, 0) is 17.1 Å². The normalized spacial score (nSPS) is 9.05. The summed E-state index contributed by atoms with van der Waals surface area (Å²) in [7, 11) is 0. The monoisotopic (exact) mass is 296 g/mol. The molecule has 0 radical (unpaired) electrons. The van der Waals surface area contributed by atoms with Crippen LogP contribution in [0.4, 0.5) is 0 Å². The van der Waals surface area contributed by atoms with Gasteiger partial charge in [0.25, 0.3) is 0 Å². The number of carboxylic acid groups (broad SMARTS) is 1. The van der Waals surface area contributed by atoms with Gasteiger partial charge in [-0.15, -0.1) is 12.1 Å². The van der Waals surface area contributed by atoms with Gasteiger partial charge in [0.05, 0.1) is 5.69 Å². The molecular weight excluding hydrogens is 284 g/mol. The van der Waals surface area contributed by atoms with Gasteiger partial charge in [0.15, 0.2) is 0 Å². The fourth-order valence-corrected chi connectivity index (χ4v) is 1.50. The summed E-state index contributed by atoms with van der Waals surface area (Å²) in [5.41, 5.74) is 0.939. The van der Waals surface area contributed by atoms with Crippen molar-refractivity contribution in [3.63, 3.8) is 0 Å². The van der Waals surface area contributed by atoms with E-state index in [-0.39, 0.29) is 22.8 Å². The van der Waals surface area contributed by atoms with Crippen molar-refractivity contribution in [3.8, 4) is 5.69 Å². The average Bonchev–Trinajstić information content (AvgIpc) is 3.14. The Labute approximate surface area is 121 Å². The Morgan fingerprint density at radius 1 is 1.16 bits per heavy atom. The van der Waals surface area contributed by atoms with Crippen LogP contribution in [0.2, 0.25) is 0 Å². The van der Waals surface area contributed by atoms with Crippen molar-refractivity contribution in [1.29, 1.82) is 0 Å². The van der Waals surface area contributed by atoms with Gasteiger partial charge in [0.2, 0.25) is 0 Å². The second-order valence-electron chi connectivity index (χ2n) is 3.54. The maximum atomic E-state index is 10.7. The van der Waals surface area contributed by atoms with Crippen LogP contribution < -0.4 is 0 Å². The van der Waals surface area contributed by atoms with Gasteiger partial charge < -0.3 is 40.1 Å². The summed E-state index contributed by atoms with van der Waals surface area (Å²) >= 11 is 0. The molecule has 0 saturated heterocycles. The minimum atomic E-state index is -0.973. The van der Waals surface area contributed by atoms with E-state index in [1.54, 1.807) is 12.1 Å². The number of hydrogen-bond acceptors (Lipinski definition) is 2. The molecule has 0 spiro atoms. The Kier molecular flexibility index (Phi) is 5.79. The van der Waals surface area contributed by atoms with Crippen LogP contribution in [0.15, 0.2) is 66.9 Å². The molecule has 104 valence electrons. The molecule has 3 rings (SSSR count). The third kappa shape index (κ3) is 3.95. The van der Waals surface area contributed by atoms with Crippen LogP contribution in [0, 0.1) is 0 Å². The number of carbonyl (C=O) groups is 1. The number of nitrogens with zero attached hydrogens (tertiary/aromatic N) is 2. The Bertz CT molecular complexity index is 566. The molecule has 0 bridgehead atoms. The molecule has 0 fully saturated rings. The van der Waals surface area contributed by atoms with Crippen LogP contribution in [0.3, 0.4) is 0 Å². The molecule has 0 aliphatic rings. The van der Waals surface area contributed by atoms with Gasteiger partial charge >= 0.3 is 5.97 Å². The second kappa shape index (κ2) is 7.36. The fraction of sp³-hybridized carbons (Fsp3) is 0. The summed E-state index contributed by atoms with van der Waals surface area (Å²) in [6, 6.07) is 18.7. The third-order valence-corrected chi connectivity index (χ3v) is 2.31. The van der Waals surface area contributed by atoms with Crippen LogP contribution in [-0.4, -0.2) is 20.9 Å². The van der Waals surface area contributed by atoms with Crippen LogP contribution in [0.5, 0.6) is 0 Å². The molecule has 19 heavy (non-hydrogen) atoms. The van der Waals surface area contributed by atoms with Gasteiger partial charge in [-0.25, -0.2) is 0 Å². The van der Waals surface area contributed by atoms with Gasteiger partial charge in [-0.2, -0.15) is 17.2 Å². The molecule has 4 nitrogen and oxygen atoms in total. The van der Waals surface area contributed by atoms with Gasteiger partial charge in [0.1, 0.15) is 0 Å². The molecule has 0 unspecified atom stereocenters. The first-order chi connectivity index (χ1) is 8.79. The fourth-order valence-electron chi connectivity index (χ4n) is 1.50. The zero-order valence-corrected chi connectivity index (χ0v) is 11.1. The molecule has 1 aromatic heterocycles. The van der Waals surface area contributed by atoms with Crippen molar-refractivity contribution in [1.82, 2.24) is 9.78 Å². The number of aromatic nitrogens is 2. The molecule has 2 aromatic carbocycles. The van der Waals surface area contributed by atoms with Crippen molar-refractivity contribution in [2.24, 2.45) is 0 Å². The first-order valence-corrected chi connectivity index (χ1v) is 5.45. The number of carboxylic acids is 1. The quantitative estimate of drug-likeness (QED) is 0.584. The predicted molar refractivity (Wildman–Crippen MR) is 68.2 cm³/mol. The van der Waals surface area contributed by atoms with Gasteiger partial charge in [-0.1, -0.05) is 6.07 Å². The summed E-state index contributed by atoms with van der Waals surface area (Å²) in [5, 5.41) is 12.7. The molecule has 3 aromatic rings. The standard InChI is InChI=1S/C9H7N2O2.C5H5.Fe/c12-9(13)8-5-6-10-11(8)7-3-1-2-4-7;1-2-4-5-3-1;/h1-6H,(H,12,13);1-5H;/q-1;-5;. The summed E-state index contributed by atoms with van der Waals surface area (Å²) in [4.78, 5) is 10.7. The zero-order chi connectivity index (χ0) is 12.8. The Morgan fingerprint density at radius 3 is 2.16 bits per heavy atom. The molecule has 0 aliphatic carbocycles. The third-order valence-electron chi connectivity index (χ3n) is 2.31. The van der Waals surface area contributed by atoms with Gasteiger partial charge in [0, 0.05) is 23.3 Å². The summed E-state index contributed by atoms with van der Waals surface area (Å²) in [5.74, 6) is -0.973. The molecule has 1 N–H and O–H groups in total. The van der Waals surface area contributed by atoms with Crippen molar-refractivity contribution in [3.05, 3.63) is 72.6 Å². The minimum absolute atomic E-state index is 0. The Balaban J connectivity index is 0.000000256. The molecule has 0 saturated carbocycles. The van der Waals surface area contributed by atoms with E-state index in [0.29, 0.717) is 0 Å². The molecule has 1 heterocycles. The molecule has 0 atom stereocenters. The second-order valence-corrected chi connectivity index (χ2v) is 3.54. The first-order valence-electron chi connectivity index (χ1n) is 5.45. The average molecular weight is 296 g/mol. The van der Waals surface area contributed by atoms with Gasteiger partial charge in [-0.3, -0.25) is 4.79 Å². The van der Waals surface area contributed by atoms with Crippen LogP contribution in [0.1, 0.15) is 10.5 Å². The Morgan fingerprint density at radius 2 is 1.68 bits per heavy atom. The number of aromatic carboxylic acids is 1. The SMILES string of the molecule is O=C(O)c1ccnn1-[c-]1cccc1.[Fe].[cH-]1[cH-][cH-][cH-][cH-]1. The van der Waals surface area contributed by atoms with Crippen molar-refractivity contribution >= 4 is 5.97 Å². The van der Waals surface area contributed by atoms with E-state index in [2.05, 4.69) is 5.10 Å². The molecule has 0 amide bonds. The van der Waals surface area contributed by atoms with Crippen LogP contribution >= 0.6 is 0 Å². The largest absolute Gasteiger partial charge is 0.748 e. The van der Waals surface area contributed by atoms with E-state index in [9.17, 15) is 4.79 Å². The molecule has 0 aliphatic heterocycles. The summed E-state index contributed by atoms with van der Waals surface area (Å²) in [6.07, 6.45) is 1.47. The summed E-state index contributed by atoms with van der Waals surface area (Å²) < 4.78 is 1.39. The number of rotatable bonds is 2. The van der Waals surface area contributed by atoms with Crippen molar-refractivity contribution in [2.75, 3.05) is 0 Å². The smallest absolute Gasteiger partial charge is 0.311 e. The van der Waals surface area contributed by atoms with E-state index < -0.39 is 5.97 Å². The van der Waals surface area contributed by atoms with E-state index in [1.807, 2.05) is 42.5 Å². The van der Waals surface area contributed by atoms with Crippen LogP contribution in [0.25, 0.3) is 5.69 Å². The van der Waals surface area contributed by atoms with E-state index in [0.717, 1.165) is 5.69 Å². The van der Waals surface area contributed by atoms with Gasteiger partial charge in [-0.05, 0) is 5.69 Å². The minimum Gasteiger partial charge on any atom is -0.748 e. The predicted octanol–water partition coefficient (Wildman–Crippen LogP) is 2.69. The first kappa shape index (κ1) is 15.0. The maximum Gasteiger partial charge on any atom is 0.311 e. The maximum absolute atomic E-state index is 10.7. The molecular formula is C14H12FeN2O2-6. The summed E-state index contributed by atoms with van der Waals surface area (Å²) in [6.45, 7) is 0. The van der Waals surface area contributed by atoms with E-state index >= 15 is 0 Å². The topological polar surface area (TPSA) is 55.1 Å². The van der Waals surface area contributed by atoms with Crippen molar-refractivity contribution < 1.29 is 27.0 Å². The molecule has 5 heteroatoms.